The first-order valence-electron chi connectivity index (χ1n) is 6.85. The molecule has 0 aliphatic rings. The second kappa shape index (κ2) is 6.27. The number of nitriles is 1. The maximum absolute atomic E-state index is 12.4. The second-order valence-electron chi connectivity index (χ2n) is 5.25. The Bertz CT molecular complexity index is 739. The molecule has 0 saturated heterocycles. The number of ether oxygens (including phenoxy) is 1. The van der Waals surface area contributed by atoms with Crippen LogP contribution in [0, 0.1) is 17.2 Å². The Labute approximate surface area is 124 Å². The van der Waals surface area contributed by atoms with E-state index in [4.69, 9.17) is 10.00 Å². The molecule has 21 heavy (non-hydrogen) atoms. The summed E-state index contributed by atoms with van der Waals surface area (Å²) in [5.41, 5.74) is 1.52. The highest BCUT2D eigenvalue weighted by molar-refractivity contribution is 5.68. The van der Waals surface area contributed by atoms with Gasteiger partial charge in [0.1, 0.15) is 17.4 Å². The van der Waals surface area contributed by atoms with Gasteiger partial charge in [0, 0.05) is 12.1 Å². The van der Waals surface area contributed by atoms with Gasteiger partial charge in [-0.3, -0.25) is 4.79 Å². The first-order chi connectivity index (χ1) is 10.1. The zero-order valence-corrected chi connectivity index (χ0v) is 12.5. The Balaban J connectivity index is 2.72. The Kier molecular flexibility index (Phi) is 4.44. The molecular formula is C17H18N2O2. The molecule has 1 aromatic carbocycles. The number of nitrogens with zero attached hydrogens (tertiary/aromatic N) is 2. The van der Waals surface area contributed by atoms with E-state index >= 15 is 0 Å². The van der Waals surface area contributed by atoms with E-state index in [1.54, 1.807) is 23.8 Å². The van der Waals surface area contributed by atoms with Crippen LogP contribution in [0.1, 0.15) is 19.4 Å². The third-order valence-corrected chi connectivity index (χ3v) is 3.23. The van der Waals surface area contributed by atoms with Gasteiger partial charge in [-0.15, -0.1) is 0 Å². The lowest BCUT2D eigenvalue weighted by Crippen LogP contribution is -2.26. The number of methoxy groups -OCH3 is 1. The molecular weight excluding hydrogens is 264 g/mol. The van der Waals surface area contributed by atoms with Crippen LogP contribution in [0.25, 0.3) is 11.3 Å². The molecule has 0 aliphatic heterocycles. The molecule has 4 heteroatoms. The quantitative estimate of drug-likeness (QED) is 0.866. The van der Waals surface area contributed by atoms with E-state index in [1.165, 1.54) is 0 Å². The molecule has 0 unspecified atom stereocenters. The zero-order valence-electron chi connectivity index (χ0n) is 12.5. The van der Waals surface area contributed by atoms with Crippen LogP contribution in [-0.4, -0.2) is 11.7 Å². The highest BCUT2D eigenvalue weighted by Crippen LogP contribution is 2.29. The summed E-state index contributed by atoms with van der Waals surface area (Å²) in [6.07, 6.45) is 0. The molecule has 0 spiro atoms. The summed E-state index contributed by atoms with van der Waals surface area (Å²) < 4.78 is 7.03. The molecule has 0 atom stereocenters. The maximum atomic E-state index is 12.4. The topological polar surface area (TPSA) is 55.0 Å². The highest BCUT2D eigenvalue weighted by Gasteiger charge is 2.14. The SMILES string of the molecule is COc1ccccc1-c1ccc(C#N)c(=O)n1CC(C)C. The monoisotopic (exact) mass is 282 g/mol. The van der Waals surface area contributed by atoms with Crippen LogP contribution in [0.3, 0.4) is 0 Å². The minimum atomic E-state index is -0.255. The molecule has 0 N–H and O–H groups in total. The third kappa shape index (κ3) is 2.97. The van der Waals surface area contributed by atoms with Gasteiger partial charge < -0.3 is 9.30 Å². The van der Waals surface area contributed by atoms with Crippen LogP contribution in [0.2, 0.25) is 0 Å². The van der Waals surface area contributed by atoms with Gasteiger partial charge in [0.25, 0.3) is 5.56 Å². The van der Waals surface area contributed by atoms with Gasteiger partial charge in [-0.05, 0) is 30.2 Å². The maximum Gasteiger partial charge on any atom is 0.268 e. The smallest absolute Gasteiger partial charge is 0.268 e. The van der Waals surface area contributed by atoms with Crippen LogP contribution >= 0.6 is 0 Å². The van der Waals surface area contributed by atoms with Crippen LogP contribution in [0.5, 0.6) is 5.75 Å². The summed E-state index contributed by atoms with van der Waals surface area (Å²) >= 11 is 0. The van der Waals surface area contributed by atoms with Crippen molar-refractivity contribution in [1.82, 2.24) is 4.57 Å². The first-order valence-corrected chi connectivity index (χ1v) is 6.85. The second-order valence-corrected chi connectivity index (χ2v) is 5.25. The summed E-state index contributed by atoms with van der Waals surface area (Å²) in [7, 11) is 1.60. The van der Waals surface area contributed by atoms with Crippen molar-refractivity contribution in [3.63, 3.8) is 0 Å². The van der Waals surface area contributed by atoms with E-state index in [2.05, 4.69) is 0 Å². The van der Waals surface area contributed by atoms with E-state index in [1.807, 2.05) is 44.2 Å². The third-order valence-electron chi connectivity index (χ3n) is 3.23. The van der Waals surface area contributed by atoms with E-state index < -0.39 is 0 Å². The number of rotatable bonds is 4. The summed E-state index contributed by atoms with van der Waals surface area (Å²) in [4.78, 5) is 12.4. The lowest BCUT2D eigenvalue weighted by atomic mass is 10.1. The van der Waals surface area contributed by atoms with E-state index in [0.717, 1.165) is 11.3 Å². The summed E-state index contributed by atoms with van der Waals surface area (Å²) in [6, 6.07) is 12.9. The zero-order chi connectivity index (χ0) is 15.4. The van der Waals surface area contributed by atoms with Crippen molar-refractivity contribution in [1.29, 1.82) is 5.26 Å². The lowest BCUT2D eigenvalue weighted by Gasteiger charge is -2.17. The molecule has 1 aromatic heterocycles. The van der Waals surface area contributed by atoms with Gasteiger partial charge in [0.2, 0.25) is 0 Å². The average Bonchev–Trinajstić information content (AvgIpc) is 2.49. The Morgan fingerprint density at radius 2 is 1.95 bits per heavy atom. The summed E-state index contributed by atoms with van der Waals surface area (Å²) in [5, 5.41) is 9.05. The number of para-hydroxylation sites is 1. The molecule has 0 aliphatic carbocycles. The van der Waals surface area contributed by atoms with Crippen molar-refractivity contribution in [3.05, 3.63) is 52.3 Å². The fraction of sp³-hybridized carbons (Fsp3) is 0.294. The van der Waals surface area contributed by atoms with Crippen LogP contribution < -0.4 is 10.3 Å². The van der Waals surface area contributed by atoms with Gasteiger partial charge >= 0.3 is 0 Å². The minimum Gasteiger partial charge on any atom is -0.496 e. The number of aromatic nitrogens is 1. The molecule has 0 fully saturated rings. The largest absolute Gasteiger partial charge is 0.496 e. The molecule has 0 bridgehead atoms. The minimum absolute atomic E-state index is 0.161. The van der Waals surface area contributed by atoms with Crippen molar-refractivity contribution in [2.24, 2.45) is 5.92 Å². The van der Waals surface area contributed by atoms with Crippen molar-refractivity contribution >= 4 is 0 Å². The molecule has 0 amide bonds. The summed E-state index contributed by atoms with van der Waals surface area (Å²) in [6.45, 7) is 4.64. The van der Waals surface area contributed by atoms with Crippen LogP contribution in [-0.2, 0) is 6.54 Å². The predicted octanol–water partition coefficient (Wildman–Crippen LogP) is 3.05. The van der Waals surface area contributed by atoms with Crippen molar-refractivity contribution < 1.29 is 4.74 Å². The Morgan fingerprint density at radius 1 is 1.24 bits per heavy atom. The Morgan fingerprint density at radius 3 is 2.57 bits per heavy atom. The lowest BCUT2D eigenvalue weighted by molar-refractivity contribution is 0.415. The first kappa shape index (κ1) is 14.9. The van der Waals surface area contributed by atoms with Crippen molar-refractivity contribution in [2.45, 2.75) is 20.4 Å². The van der Waals surface area contributed by atoms with Crippen molar-refractivity contribution in [2.75, 3.05) is 7.11 Å². The fourth-order valence-electron chi connectivity index (χ4n) is 2.30. The Hall–Kier alpha value is -2.54. The predicted molar refractivity (Wildman–Crippen MR) is 82.2 cm³/mol. The van der Waals surface area contributed by atoms with Gasteiger partial charge in [-0.25, -0.2) is 0 Å². The summed E-state index contributed by atoms with van der Waals surface area (Å²) in [5.74, 6) is 1.00. The van der Waals surface area contributed by atoms with Crippen LogP contribution in [0.4, 0.5) is 0 Å². The van der Waals surface area contributed by atoms with E-state index in [0.29, 0.717) is 18.2 Å². The van der Waals surface area contributed by atoms with Gasteiger partial charge in [-0.2, -0.15) is 5.26 Å². The standard InChI is InChI=1S/C17H18N2O2/c1-12(2)11-19-15(9-8-13(10-18)17(19)20)14-6-4-5-7-16(14)21-3/h4-9,12H,11H2,1-3H3. The van der Waals surface area contributed by atoms with Gasteiger partial charge in [0.15, 0.2) is 0 Å². The molecule has 108 valence electrons. The number of hydrogen-bond acceptors (Lipinski definition) is 3. The molecule has 1 heterocycles. The van der Waals surface area contributed by atoms with E-state index in [9.17, 15) is 4.79 Å². The highest BCUT2D eigenvalue weighted by atomic mass is 16.5. The molecule has 4 nitrogen and oxygen atoms in total. The number of benzene rings is 1. The molecule has 2 aromatic rings. The van der Waals surface area contributed by atoms with Crippen LogP contribution in [0.15, 0.2) is 41.2 Å². The molecule has 0 radical (unpaired) electrons. The number of hydrogen-bond donors (Lipinski definition) is 0. The molecule has 0 saturated carbocycles. The van der Waals surface area contributed by atoms with Gasteiger partial charge in [-0.1, -0.05) is 26.0 Å². The fourth-order valence-corrected chi connectivity index (χ4v) is 2.30. The average molecular weight is 282 g/mol. The molecule has 2 rings (SSSR count). The number of pyridine rings is 1. The normalized spacial score (nSPS) is 10.4. The van der Waals surface area contributed by atoms with Gasteiger partial charge in [0.05, 0.1) is 12.8 Å². The van der Waals surface area contributed by atoms with E-state index in [-0.39, 0.29) is 11.1 Å². The van der Waals surface area contributed by atoms with Crippen molar-refractivity contribution in [3.8, 4) is 23.1 Å².